The third-order valence-electron chi connectivity index (χ3n) is 11.8. The van der Waals surface area contributed by atoms with Gasteiger partial charge in [-0.15, -0.1) is 0 Å². The molecule has 0 fully saturated rings. The standard InChI is InChI=1S/C62H104O6/c1-4-7-10-13-16-19-22-25-28-31-34-37-40-43-46-49-52-55-61(64)67-58-59(57-66-60(63)54-51-48-45-42-39-36-33-30-27-24-21-18-15-12-9-6-3)68-62(65)56-53-50-47-44-41-38-35-32-29-26-23-20-17-14-11-8-5-2/h9,12,16,18-19,21,25-30,34,37,43,46,59H,4-8,10-11,13-15,17,20,22-24,31-33,35-36,38-42,44-45,47-58H2,1-3H3/b12-9-,19-16-,21-18-,28-25-,29-26-,30-27-,37-34-,46-43-. The molecule has 0 amide bonds. The van der Waals surface area contributed by atoms with E-state index in [1.165, 1.54) is 116 Å². The van der Waals surface area contributed by atoms with Crippen LogP contribution in [-0.4, -0.2) is 37.2 Å². The third-order valence-corrected chi connectivity index (χ3v) is 11.8. The van der Waals surface area contributed by atoms with E-state index in [-0.39, 0.29) is 37.5 Å². The summed E-state index contributed by atoms with van der Waals surface area (Å²) in [6.45, 7) is 6.44. The van der Waals surface area contributed by atoms with Crippen molar-refractivity contribution in [3.8, 4) is 0 Å². The topological polar surface area (TPSA) is 78.9 Å². The number of unbranched alkanes of at least 4 members (excludes halogenated alkanes) is 23. The van der Waals surface area contributed by atoms with E-state index in [0.29, 0.717) is 19.3 Å². The van der Waals surface area contributed by atoms with Crippen molar-refractivity contribution >= 4 is 17.9 Å². The first-order chi connectivity index (χ1) is 33.5. The molecule has 1 atom stereocenters. The number of hydrogen-bond donors (Lipinski definition) is 0. The zero-order chi connectivity index (χ0) is 49.3. The highest BCUT2D eigenvalue weighted by Gasteiger charge is 2.19. The first kappa shape index (κ1) is 64.3. The fourth-order valence-corrected chi connectivity index (χ4v) is 7.56. The van der Waals surface area contributed by atoms with Crippen LogP contribution < -0.4 is 0 Å². The molecule has 0 spiro atoms. The summed E-state index contributed by atoms with van der Waals surface area (Å²) in [5.41, 5.74) is 0. The molecule has 0 aromatic heterocycles. The van der Waals surface area contributed by atoms with E-state index in [1.54, 1.807) is 0 Å². The Morgan fingerprint density at radius 2 is 0.588 bits per heavy atom. The highest BCUT2D eigenvalue weighted by Crippen LogP contribution is 2.14. The van der Waals surface area contributed by atoms with Gasteiger partial charge in [0, 0.05) is 19.3 Å². The number of allylic oxidation sites excluding steroid dienone is 16. The minimum absolute atomic E-state index is 0.104. The van der Waals surface area contributed by atoms with Crippen molar-refractivity contribution in [1.82, 2.24) is 0 Å². The van der Waals surface area contributed by atoms with Gasteiger partial charge >= 0.3 is 17.9 Å². The minimum atomic E-state index is -0.809. The molecule has 0 saturated carbocycles. The van der Waals surface area contributed by atoms with Crippen molar-refractivity contribution in [2.45, 2.75) is 264 Å². The third kappa shape index (κ3) is 53.3. The lowest BCUT2D eigenvalue weighted by Gasteiger charge is -2.18. The maximum Gasteiger partial charge on any atom is 0.306 e. The molecule has 0 aliphatic carbocycles. The van der Waals surface area contributed by atoms with Gasteiger partial charge in [-0.3, -0.25) is 14.4 Å². The summed E-state index contributed by atoms with van der Waals surface area (Å²) in [6.07, 6.45) is 73.9. The van der Waals surface area contributed by atoms with Gasteiger partial charge in [0.1, 0.15) is 13.2 Å². The van der Waals surface area contributed by atoms with Gasteiger partial charge in [-0.2, -0.15) is 0 Å². The summed E-state index contributed by atoms with van der Waals surface area (Å²) in [5, 5.41) is 0. The molecule has 0 aliphatic heterocycles. The van der Waals surface area contributed by atoms with Gasteiger partial charge in [0.25, 0.3) is 0 Å². The Kier molecular flexibility index (Phi) is 52.9. The zero-order valence-corrected chi connectivity index (χ0v) is 44.3. The number of hydrogen-bond acceptors (Lipinski definition) is 6. The van der Waals surface area contributed by atoms with Crippen LogP contribution in [0.15, 0.2) is 97.2 Å². The van der Waals surface area contributed by atoms with Crippen LogP contribution in [0.25, 0.3) is 0 Å². The molecule has 6 nitrogen and oxygen atoms in total. The monoisotopic (exact) mass is 945 g/mol. The Morgan fingerprint density at radius 1 is 0.309 bits per heavy atom. The summed E-state index contributed by atoms with van der Waals surface area (Å²) >= 11 is 0. The maximum atomic E-state index is 12.9. The van der Waals surface area contributed by atoms with Crippen LogP contribution in [0.4, 0.5) is 0 Å². The summed E-state index contributed by atoms with van der Waals surface area (Å²) in [4.78, 5) is 38.1. The van der Waals surface area contributed by atoms with E-state index in [1.807, 2.05) is 0 Å². The molecule has 0 heterocycles. The molecule has 388 valence electrons. The van der Waals surface area contributed by atoms with E-state index in [9.17, 15) is 14.4 Å². The van der Waals surface area contributed by atoms with Crippen molar-refractivity contribution < 1.29 is 28.6 Å². The van der Waals surface area contributed by atoms with Crippen molar-refractivity contribution in [1.29, 1.82) is 0 Å². The average Bonchev–Trinajstić information content (AvgIpc) is 3.34. The van der Waals surface area contributed by atoms with Crippen molar-refractivity contribution in [3.05, 3.63) is 97.2 Å². The second-order valence-electron chi connectivity index (χ2n) is 18.5. The maximum absolute atomic E-state index is 12.9. The highest BCUT2D eigenvalue weighted by atomic mass is 16.6. The number of carbonyl (C=O) groups is 3. The lowest BCUT2D eigenvalue weighted by molar-refractivity contribution is -0.167. The summed E-state index contributed by atoms with van der Waals surface area (Å²) < 4.78 is 16.8. The smallest absolute Gasteiger partial charge is 0.306 e. The van der Waals surface area contributed by atoms with Crippen LogP contribution in [0.1, 0.15) is 258 Å². The Labute approximate surface area is 419 Å². The normalized spacial score (nSPS) is 12.8. The Hall–Kier alpha value is -3.67. The van der Waals surface area contributed by atoms with Gasteiger partial charge in [0.05, 0.1) is 0 Å². The molecule has 0 rings (SSSR count). The molecule has 0 N–H and O–H groups in total. The molecule has 0 aromatic carbocycles. The lowest BCUT2D eigenvalue weighted by Crippen LogP contribution is -2.30. The summed E-state index contributed by atoms with van der Waals surface area (Å²) in [6, 6.07) is 0. The fourth-order valence-electron chi connectivity index (χ4n) is 7.56. The summed E-state index contributed by atoms with van der Waals surface area (Å²) in [7, 11) is 0. The number of ether oxygens (including phenoxy) is 3. The zero-order valence-electron chi connectivity index (χ0n) is 44.3. The molecule has 68 heavy (non-hydrogen) atoms. The molecule has 0 radical (unpaired) electrons. The molecular weight excluding hydrogens is 841 g/mol. The summed E-state index contributed by atoms with van der Waals surface area (Å²) in [5.74, 6) is -0.976. The quantitative estimate of drug-likeness (QED) is 0.0262. The van der Waals surface area contributed by atoms with Crippen LogP contribution in [0.5, 0.6) is 0 Å². The average molecular weight is 946 g/mol. The number of carbonyl (C=O) groups excluding carboxylic acids is 3. The molecule has 0 aromatic rings. The molecule has 0 saturated heterocycles. The first-order valence-corrected chi connectivity index (χ1v) is 28.2. The van der Waals surface area contributed by atoms with Crippen molar-refractivity contribution in [2.24, 2.45) is 0 Å². The Morgan fingerprint density at radius 3 is 1.00 bits per heavy atom. The predicted molar refractivity (Wildman–Crippen MR) is 293 cm³/mol. The van der Waals surface area contributed by atoms with Crippen LogP contribution in [0, 0.1) is 0 Å². The SMILES string of the molecule is CC/C=C\C/C=C\C/C=C\CCCCCCCCC(=O)OCC(COC(=O)CCC/C=C\C/C=C\C/C=C\C/C=C\CCCCC)OC(=O)CCCCCCCCC/C=C\CCCCCCCC. The molecular formula is C62H104O6. The molecule has 0 aliphatic rings. The van der Waals surface area contributed by atoms with Gasteiger partial charge < -0.3 is 14.2 Å². The van der Waals surface area contributed by atoms with Gasteiger partial charge in [0.2, 0.25) is 0 Å². The van der Waals surface area contributed by atoms with E-state index >= 15 is 0 Å². The van der Waals surface area contributed by atoms with Gasteiger partial charge in [-0.05, 0) is 116 Å². The van der Waals surface area contributed by atoms with E-state index in [4.69, 9.17) is 14.2 Å². The predicted octanol–water partition coefficient (Wildman–Crippen LogP) is 18.9. The van der Waals surface area contributed by atoms with E-state index in [2.05, 4.69) is 118 Å². The van der Waals surface area contributed by atoms with E-state index < -0.39 is 6.10 Å². The van der Waals surface area contributed by atoms with E-state index in [0.717, 1.165) is 96.3 Å². The van der Waals surface area contributed by atoms with Crippen LogP contribution in [-0.2, 0) is 28.6 Å². The van der Waals surface area contributed by atoms with Crippen molar-refractivity contribution in [3.63, 3.8) is 0 Å². The van der Waals surface area contributed by atoms with Crippen LogP contribution in [0.2, 0.25) is 0 Å². The lowest BCUT2D eigenvalue weighted by atomic mass is 10.1. The Bertz CT molecular complexity index is 1360. The van der Waals surface area contributed by atoms with Crippen LogP contribution in [0.3, 0.4) is 0 Å². The Balaban J connectivity index is 4.50. The van der Waals surface area contributed by atoms with Crippen LogP contribution >= 0.6 is 0 Å². The molecule has 0 bridgehead atoms. The second kappa shape index (κ2) is 55.9. The first-order valence-electron chi connectivity index (χ1n) is 28.2. The highest BCUT2D eigenvalue weighted by molar-refractivity contribution is 5.71. The largest absolute Gasteiger partial charge is 0.462 e. The molecule has 6 heteroatoms. The second-order valence-corrected chi connectivity index (χ2v) is 18.5. The van der Waals surface area contributed by atoms with Gasteiger partial charge in [0.15, 0.2) is 6.10 Å². The number of esters is 3. The van der Waals surface area contributed by atoms with Gasteiger partial charge in [-0.1, -0.05) is 221 Å². The fraction of sp³-hybridized carbons (Fsp3) is 0.694. The number of rotatable bonds is 50. The van der Waals surface area contributed by atoms with Crippen molar-refractivity contribution in [2.75, 3.05) is 13.2 Å². The van der Waals surface area contributed by atoms with Gasteiger partial charge in [-0.25, -0.2) is 0 Å². The minimum Gasteiger partial charge on any atom is -0.462 e. The molecule has 1 unspecified atom stereocenters.